The molecule has 0 saturated heterocycles. The van der Waals surface area contributed by atoms with Crippen molar-refractivity contribution in [2.24, 2.45) is 0 Å². The van der Waals surface area contributed by atoms with Gasteiger partial charge in [-0.15, -0.1) is 11.3 Å². The summed E-state index contributed by atoms with van der Waals surface area (Å²) in [5, 5.41) is 17.6. The predicted octanol–water partition coefficient (Wildman–Crippen LogP) is 4.67. The molecule has 1 N–H and O–H groups in total. The minimum Gasteiger partial charge on any atom is -0.381 e. The summed E-state index contributed by atoms with van der Waals surface area (Å²) in [5.74, 6) is -1.49. The van der Waals surface area contributed by atoms with Gasteiger partial charge in [0.05, 0.1) is 12.2 Å². The Morgan fingerprint density at radius 1 is 1.21 bits per heavy atom. The second-order valence-corrected chi connectivity index (χ2v) is 9.95. The number of thiazole rings is 1. The molecule has 1 aliphatic rings. The van der Waals surface area contributed by atoms with Gasteiger partial charge >= 0.3 is 0 Å². The molecular formula is C24H22ClF2N5OS. The SMILES string of the molecule is C[C@@H](N1CCc2nc(-c3ccc(Cl)cc3)sc2C1)[C@](O)(Cn1cncn1)c1ccc(F)cc1F. The van der Waals surface area contributed by atoms with Crippen LogP contribution in [0.1, 0.15) is 23.1 Å². The van der Waals surface area contributed by atoms with Gasteiger partial charge in [0.2, 0.25) is 0 Å². The van der Waals surface area contributed by atoms with E-state index in [2.05, 4.69) is 15.0 Å². The van der Waals surface area contributed by atoms with Crippen molar-refractivity contribution in [3.05, 3.63) is 87.9 Å². The Morgan fingerprint density at radius 2 is 2.00 bits per heavy atom. The van der Waals surface area contributed by atoms with Crippen molar-refractivity contribution in [3.8, 4) is 10.6 Å². The molecule has 0 fully saturated rings. The van der Waals surface area contributed by atoms with Crippen LogP contribution in [0.25, 0.3) is 10.6 Å². The lowest BCUT2D eigenvalue weighted by Gasteiger charge is -2.42. The number of hydrogen-bond donors (Lipinski definition) is 1. The molecule has 5 rings (SSSR count). The van der Waals surface area contributed by atoms with Crippen LogP contribution in [0, 0.1) is 11.6 Å². The van der Waals surface area contributed by atoms with Crippen molar-refractivity contribution in [2.75, 3.05) is 6.54 Å². The first kappa shape index (κ1) is 23.0. The maximum Gasteiger partial charge on any atom is 0.137 e. The van der Waals surface area contributed by atoms with E-state index >= 15 is 0 Å². The van der Waals surface area contributed by atoms with E-state index in [1.807, 2.05) is 31.2 Å². The molecular weight excluding hydrogens is 480 g/mol. The summed E-state index contributed by atoms with van der Waals surface area (Å²) in [5.41, 5.74) is 0.381. The summed E-state index contributed by atoms with van der Waals surface area (Å²) in [7, 11) is 0. The van der Waals surface area contributed by atoms with Gasteiger partial charge in [0.15, 0.2) is 0 Å². The lowest BCUT2D eigenvalue weighted by molar-refractivity contribution is -0.0675. The maximum absolute atomic E-state index is 14.9. The lowest BCUT2D eigenvalue weighted by atomic mass is 9.85. The zero-order chi connectivity index (χ0) is 23.9. The molecule has 4 aromatic rings. The van der Waals surface area contributed by atoms with Gasteiger partial charge in [-0.1, -0.05) is 29.8 Å². The van der Waals surface area contributed by atoms with E-state index in [1.54, 1.807) is 11.3 Å². The highest BCUT2D eigenvalue weighted by Gasteiger charge is 2.43. The molecule has 2 aromatic carbocycles. The molecule has 6 nitrogen and oxygen atoms in total. The van der Waals surface area contributed by atoms with Crippen LogP contribution >= 0.6 is 22.9 Å². The first-order chi connectivity index (χ1) is 16.3. The smallest absolute Gasteiger partial charge is 0.137 e. The molecule has 0 unspecified atom stereocenters. The Morgan fingerprint density at radius 3 is 2.71 bits per heavy atom. The van der Waals surface area contributed by atoms with Crippen molar-refractivity contribution < 1.29 is 13.9 Å². The molecule has 1 aliphatic heterocycles. The molecule has 0 saturated carbocycles. The molecule has 0 bridgehead atoms. The van der Waals surface area contributed by atoms with Crippen molar-refractivity contribution in [1.82, 2.24) is 24.6 Å². The first-order valence-corrected chi connectivity index (χ1v) is 12.0. The largest absolute Gasteiger partial charge is 0.381 e. The zero-order valence-corrected chi connectivity index (χ0v) is 19.9. The Hall–Kier alpha value is -2.72. The number of aromatic nitrogens is 4. The Kier molecular flexibility index (Phi) is 6.20. The normalized spacial score (nSPS) is 16.7. The van der Waals surface area contributed by atoms with Gasteiger partial charge in [-0.3, -0.25) is 4.90 Å². The van der Waals surface area contributed by atoms with Gasteiger partial charge in [0.1, 0.15) is 34.9 Å². The monoisotopic (exact) mass is 501 g/mol. The van der Waals surface area contributed by atoms with E-state index in [-0.39, 0.29) is 12.1 Å². The van der Waals surface area contributed by atoms with E-state index in [9.17, 15) is 13.9 Å². The molecule has 0 spiro atoms. The summed E-state index contributed by atoms with van der Waals surface area (Å²) in [6.45, 7) is 3.02. The van der Waals surface area contributed by atoms with Crippen LogP contribution in [0.4, 0.5) is 8.78 Å². The van der Waals surface area contributed by atoms with Crippen LogP contribution in [0.15, 0.2) is 55.1 Å². The summed E-state index contributed by atoms with van der Waals surface area (Å²) in [6, 6.07) is 10.3. The number of nitrogens with zero attached hydrogens (tertiary/aromatic N) is 5. The Balaban J connectivity index is 1.45. The zero-order valence-electron chi connectivity index (χ0n) is 18.3. The minimum absolute atomic E-state index is 0.0221. The summed E-state index contributed by atoms with van der Waals surface area (Å²) in [4.78, 5) is 12.0. The number of benzene rings is 2. The third kappa shape index (κ3) is 4.36. The maximum atomic E-state index is 14.9. The average molecular weight is 502 g/mol. The van der Waals surface area contributed by atoms with Gasteiger partial charge < -0.3 is 5.11 Å². The standard InChI is InChI=1S/C24H22ClF2N5OS/c1-15(24(33,12-32-14-28-13-29-32)19-7-6-18(26)10-20(19)27)31-9-8-21-22(11-31)34-23(30-21)16-2-4-17(25)5-3-16/h2-7,10,13-15,33H,8-9,11-12H2,1H3/t15-,24-/m1/s1. The Labute approximate surface area is 204 Å². The average Bonchev–Trinajstić information content (AvgIpc) is 3.48. The van der Waals surface area contributed by atoms with Gasteiger partial charge in [0, 0.05) is 52.6 Å². The highest BCUT2D eigenvalue weighted by atomic mass is 35.5. The third-order valence-corrected chi connectivity index (χ3v) is 7.74. The third-order valence-electron chi connectivity index (χ3n) is 6.36. The van der Waals surface area contributed by atoms with Crippen LogP contribution < -0.4 is 0 Å². The molecule has 0 aliphatic carbocycles. The summed E-state index contributed by atoms with van der Waals surface area (Å²) in [6.07, 6.45) is 3.53. The molecule has 3 heterocycles. The molecule has 0 radical (unpaired) electrons. The van der Waals surface area contributed by atoms with Crippen molar-refractivity contribution >= 4 is 22.9 Å². The van der Waals surface area contributed by atoms with E-state index in [0.717, 1.165) is 33.3 Å². The van der Waals surface area contributed by atoms with Crippen LogP contribution in [0.5, 0.6) is 0 Å². The molecule has 2 atom stereocenters. The highest BCUT2D eigenvalue weighted by Crippen LogP contribution is 2.37. The Bertz CT molecular complexity index is 1300. The summed E-state index contributed by atoms with van der Waals surface area (Å²) < 4.78 is 30.0. The van der Waals surface area contributed by atoms with Crippen molar-refractivity contribution in [1.29, 1.82) is 0 Å². The van der Waals surface area contributed by atoms with Crippen LogP contribution in [-0.4, -0.2) is 42.3 Å². The van der Waals surface area contributed by atoms with Gasteiger partial charge in [-0.25, -0.2) is 23.4 Å². The van der Waals surface area contributed by atoms with Crippen LogP contribution in [-0.2, 0) is 25.1 Å². The number of halogens is 3. The number of aliphatic hydroxyl groups is 1. The number of fused-ring (bicyclic) bond motifs is 1. The highest BCUT2D eigenvalue weighted by molar-refractivity contribution is 7.15. The van der Waals surface area contributed by atoms with Gasteiger partial charge in [-0.05, 0) is 25.1 Å². The fourth-order valence-corrected chi connectivity index (χ4v) is 5.67. The van der Waals surface area contributed by atoms with Crippen molar-refractivity contribution in [3.63, 3.8) is 0 Å². The van der Waals surface area contributed by atoms with Crippen LogP contribution in [0.2, 0.25) is 5.02 Å². The van der Waals surface area contributed by atoms with E-state index in [1.165, 1.54) is 23.4 Å². The lowest BCUT2D eigenvalue weighted by Crippen LogP contribution is -2.53. The van der Waals surface area contributed by atoms with Gasteiger partial charge in [-0.2, -0.15) is 5.10 Å². The number of rotatable bonds is 6. The fraction of sp³-hybridized carbons (Fsp3) is 0.292. The van der Waals surface area contributed by atoms with Crippen molar-refractivity contribution in [2.45, 2.75) is 38.1 Å². The topological polar surface area (TPSA) is 67.1 Å². The van der Waals surface area contributed by atoms with Gasteiger partial charge in [0.25, 0.3) is 0 Å². The van der Waals surface area contributed by atoms with E-state index in [4.69, 9.17) is 16.6 Å². The fourth-order valence-electron chi connectivity index (χ4n) is 4.41. The van der Waals surface area contributed by atoms with E-state index < -0.39 is 23.3 Å². The van der Waals surface area contributed by atoms with E-state index in [0.29, 0.717) is 24.5 Å². The number of hydrogen-bond acceptors (Lipinski definition) is 6. The molecule has 10 heteroatoms. The second-order valence-electron chi connectivity index (χ2n) is 8.43. The quantitative estimate of drug-likeness (QED) is 0.416. The summed E-state index contributed by atoms with van der Waals surface area (Å²) >= 11 is 7.62. The first-order valence-electron chi connectivity index (χ1n) is 10.8. The van der Waals surface area contributed by atoms with Crippen LogP contribution in [0.3, 0.4) is 0 Å². The minimum atomic E-state index is -1.67. The molecule has 2 aromatic heterocycles. The molecule has 0 amide bonds. The second kappa shape index (κ2) is 9.14. The molecule has 34 heavy (non-hydrogen) atoms. The molecule has 176 valence electrons. The predicted molar refractivity (Wildman–Crippen MR) is 126 cm³/mol.